The molecule has 0 saturated heterocycles. The minimum atomic E-state index is 0.517. The first-order valence-corrected chi connectivity index (χ1v) is 9.52. The highest BCUT2D eigenvalue weighted by Gasteiger charge is 2.33. The number of pyridine rings is 1. The lowest BCUT2D eigenvalue weighted by molar-refractivity contribution is 0.300. The highest BCUT2D eigenvalue weighted by molar-refractivity contribution is 5.80. The highest BCUT2D eigenvalue weighted by Crippen LogP contribution is 2.32. The van der Waals surface area contributed by atoms with Crippen LogP contribution in [0.1, 0.15) is 32.3 Å². The third kappa shape index (κ3) is 5.36. The second kappa shape index (κ2) is 9.26. The molecule has 1 aromatic heterocycles. The van der Waals surface area contributed by atoms with Gasteiger partial charge in [-0.15, -0.1) is 0 Å². The van der Waals surface area contributed by atoms with Crippen LogP contribution >= 0.6 is 0 Å². The summed E-state index contributed by atoms with van der Waals surface area (Å²) >= 11 is 0. The van der Waals surface area contributed by atoms with Crippen molar-refractivity contribution < 1.29 is 9.47 Å². The van der Waals surface area contributed by atoms with Crippen LogP contribution in [0.3, 0.4) is 0 Å². The minimum absolute atomic E-state index is 0.517. The molecule has 2 N–H and O–H groups in total. The largest absolute Gasteiger partial charge is 0.490 e. The van der Waals surface area contributed by atoms with Crippen molar-refractivity contribution in [2.75, 3.05) is 13.7 Å². The Bertz CT molecular complexity index is 778. The van der Waals surface area contributed by atoms with Crippen molar-refractivity contribution in [3.63, 3.8) is 0 Å². The van der Waals surface area contributed by atoms with Crippen molar-refractivity contribution in [1.82, 2.24) is 15.6 Å². The van der Waals surface area contributed by atoms with Gasteiger partial charge >= 0.3 is 0 Å². The number of hydrogen-bond acceptors (Lipinski definition) is 4. The van der Waals surface area contributed by atoms with Crippen molar-refractivity contribution in [1.29, 1.82) is 0 Å². The van der Waals surface area contributed by atoms with Crippen LogP contribution in [0, 0.1) is 5.92 Å². The van der Waals surface area contributed by atoms with Gasteiger partial charge in [-0.1, -0.05) is 32.0 Å². The van der Waals surface area contributed by atoms with Gasteiger partial charge < -0.3 is 20.1 Å². The Kier molecular flexibility index (Phi) is 6.52. The van der Waals surface area contributed by atoms with Crippen LogP contribution in [-0.4, -0.2) is 30.6 Å². The Morgan fingerprint density at radius 2 is 2.00 bits per heavy atom. The van der Waals surface area contributed by atoms with E-state index in [1.54, 1.807) is 13.2 Å². The summed E-state index contributed by atoms with van der Waals surface area (Å²) in [5.74, 6) is 3.46. The van der Waals surface area contributed by atoms with Crippen LogP contribution in [0.2, 0.25) is 0 Å². The molecular weight excluding hydrogens is 340 g/mol. The Morgan fingerprint density at radius 1 is 1.22 bits per heavy atom. The monoisotopic (exact) mass is 368 g/mol. The van der Waals surface area contributed by atoms with Gasteiger partial charge in [0.2, 0.25) is 5.88 Å². The summed E-state index contributed by atoms with van der Waals surface area (Å²) in [7, 11) is 1.78. The van der Waals surface area contributed by atoms with E-state index in [2.05, 4.69) is 34.5 Å². The molecule has 2 atom stereocenters. The molecule has 1 fully saturated rings. The molecule has 1 saturated carbocycles. The number of nitrogens with zero attached hydrogens (tertiary/aromatic N) is 2. The van der Waals surface area contributed by atoms with Gasteiger partial charge in [-0.3, -0.25) is 4.99 Å². The van der Waals surface area contributed by atoms with E-state index >= 15 is 0 Å². The summed E-state index contributed by atoms with van der Waals surface area (Å²) in [4.78, 5) is 8.70. The number of hydrogen-bond donors (Lipinski definition) is 2. The topological polar surface area (TPSA) is 67.8 Å². The average molecular weight is 368 g/mol. The van der Waals surface area contributed by atoms with Crippen molar-refractivity contribution >= 4 is 5.96 Å². The number of ether oxygens (including phenoxy) is 2. The van der Waals surface area contributed by atoms with Crippen molar-refractivity contribution in [3.05, 3.63) is 48.2 Å². The standard InChI is InChI=1S/C21H28N4O2/c1-4-12-26-18-9-5-6-10-19(18)27-20-16(8-7-11-23-20)14-24-21(22-3)25-17-13-15(17)2/h5-11,15,17H,4,12-14H2,1-3H3,(H2,22,24,25). The van der Waals surface area contributed by atoms with Crippen molar-refractivity contribution in [2.24, 2.45) is 10.9 Å². The van der Waals surface area contributed by atoms with Crippen LogP contribution in [0.5, 0.6) is 17.4 Å². The molecule has 6 nitrogen and oxygen atoms in total. The highest BCUT2D eigenvalue weighted by atomic mass is 16.5. The van der Waals surface area contributed by atoms with Crippen LogP contribution in [0.4, 0.5) is 0 Å². The number of guanidine groups is 1. The number of para-hydroxylation sites is 2. The van der Waals surface area contributed by atoms with Gasteiger partial charge in [0.15, 0.2) is 17.5 Å². The molecule has 3 rings (SSSR count). The van der Waals surface area contributed by atoms with E-state index in [1.807, 2.05) is 36.4 Å². The molecule has 0 radical (unpaired) electrons. The summed E-state index contributed by atoms with van der Waals surface area (Å²) in [6.07, 6.45) is 3.86. The number of rotatable bonds is 8. The maximum absolute atomic E-state index is 6.08. The average Bonchev–Trinajstić information content (AvgIpc) is 3.40. The lowest BCUT2D eigenvalue weighted by Crippen LogP contribution is -2.38. The second-order valence-corrected chi connectivity index (χ2v) is 6.75. The summed E-state index contributed by atoms with van der Waals surface area (Å²) in [6, 6.07) is 12.1. The minimum Gasteiger partial charge on any atom is -0.490 e. The Labute approximate surface area is 161 Å². The fraction of sp³-hybridized carbons (Fsp3) is 0.429. The van der Waals surface area contributed by atoms with Gasteiger partial charge in [-0.25, -0.2) is 4.98 Å². The fourth-order valence-corrected chi connectivity index (χ4v) is 2.69. The van der Waals surface area contributed by atoms with Gasteiger partial charge in [0.25, 0.3) is 0 Å². The summed E-state index contributed by atoms with van der Waals surface area (Å²) < 4.78 is 11.9. The maximum Gasteiger partial charge on any atom is 0.224 e. The van der Waals surface area contributed by atoms with Crippen LogP contribution in [0.15, 0.2) is 47.6 Å². The Hall–Kier alpha value is -2.76. The summed E-state index contributed by atoms with van der Waals surface area (Å²) in [5.41, 5.74) is 0.953. The molecule has 0 bridgehead atoms. The molecule has 0 spiro atoms. The SMILES string of the molecule is CCCOc1ccccc1Oc1ncccc1CNC(=NC)NC1CC1C. The lowest BCUT2D eigenvalue weighted by atomic mass is 10.2. The third-order valence-electron chi connectivity index (χ3n) is 4.47. The molecule has 1 aromatic carbocycles. The van der Waals surface area contributed by atoms with Crippen molar-refractivity contribution in [3.8, 4) is 17.4 Å². The van der Waals surface area contributed by atoms with Gasteiger partial charge in [-0.2, -0.15) is 0 Å². The predicted octanol–water partition coefficient (Wildman–Crippen LogP) is 3.74. The zero-order valence-corrected chi connectivity index (χ0v) is 16.2. The van der Waals surface area contributed by atoms with Crippen LogP contribution < -0.4 is 20.1 Å². The van der Waals surface area contributed by atoms with Gasteiger partial charge in [0.05, 0.1) is 6.61 Å². The van der Waals surface area contributed by atoms with E-state index in [4.69, 9.17) is 9.47 Å². The van der Waals surface area contributed by atoms with E-state index < -0.39 is 0 Å². The summed E-state index contributed by atoms with van der Waals surface area (Å²) in [6.45, 7) is 5.53. The Morgan fingerprint density at radius 3 is 2.70 bits per heavy atom. The quantitative estimate of drug-likeness (QED) is 0.549. The first kappa shape index (κ1) is 19.0. The molecule has 0 aliphatic heterocycles. The fourth-order valence-electron chi connectivity index (χ4n) is 2.69. The molecule has 1 heterocycles. The van der Waals surface area contributed by atoms with E-state index in [1.165, 1.54) is 6.42 Å². The van der Waals surface area contributed by atoms with Crippen molar-refractivity contribution in [2.45, 2.75) is 39.3 Å². The first-order valence-electron chi connectivity index (χ1n) is 9.52. The van der Waals surface area contributed by atoms with E-state index in [0.717, 1.165) is 23.7 Å². The number of nitrogens with one attached hydrogen (secondary N) is 2. The summed E-state index contributed by atoms with van der Waals surface area (Å²) in [5, 5.41) is 6.76. The molecule has 0 amide bonds. The smallest absolute Gasteiger partial charge is 0.224 e. The first-order chi connectivity index (χ1) is 13.2. The Balaban J connectivity index is 1.67. The predicted molar refractivity (Wildman–Crippen MR) is 107 cm³/mol. The maximum atomic E-state index is 6.08. The zero-order valence-electron chi connectivity index (χ0n) is 16.2. The lowest BCUT2D eigenvalue weighted by Gasteiger charge is -2.15. The number of benzene rings is 1. The molecule has 144 valence electrons. The molecule has 1 aliphatic carbocycles. The van der Waals surface area contributed by atoms with E-state index in [-0.39, 0.29) is 0 Å². The molecule has 27 heavy (non-hydrogen) atoms. The second-order valence-electron chi connectivity index (χ2n) is 6.75. The molecular formula is C21H28N4O2. The third-order valence-corrected chi connectivity index (χ3v) is 4.47. The van der Waals surface area contributed by atoms with Gasteiger partial charge in [0, 0.05) is 31.4 Å². The van der Waals surface area contributed by atoms with Gasteiger partial charge in [-0.05, 0) is 37.0 Å². The molecule has 1 aliphatic rings. The molecule has 6 heteroatoms. The zero-order chi connectivity index (χ0) is 19.1. The van der Waals surface area contributed by atoms with E-state index in [0.29, 0.717) is 36.7 Å². The molecule has 2 unspecified atom stereocenters. The molecule has 2 aromatic rings. The van der Waals surface area contributed by atoms with Gasteiger partial charge in [0.1, 0.15) is 0 Å². The number of aromatic nitrogens is 1. The van der Waals surface area contributed by atoms with E-state index in [9.17, 15) is 0 Å². The number of aliphatic imine (C=N–C) groups is 1. The normalized spacial score (nSPS) is 18.7. The van der Waals surface area contributed by atoms with Crippen LogP contribution in [-0.2, 0) is 6.54 Å². The van der Waals surface area contributed by atoms with Crippen LogP contribution in [0.25, 0.3) is 0 Å².